The predicted molar refractivity (Wildman–Crippen MR) is 129 cm³/mol. The molecule has 176 valence electrons. The normalized spacial score (nSPS) is 11.3. The van der Waals surface area contributed by atoms with Gasteiger partial charge >= 0.3 is 0 Å². The highest BCUT2D eigenvalue weighted by Gasteiger charge is 2.19. The van der Waals surface area contributed by atoms with Gasteiger partial charge in [-0.1, -0.05) is 16.8 Å². The van der Waals surface area contributed by atoms with Crippen LogP contribution in [0.25, 0.3) is 21.9 Å². The highest BCUT2D eigenvalue weighted by Crippen LogP contribution is 2.26. The van der Waals surface area contributed by atoms with Gasteiger partial charge in [-0.25, -0.2) is 4.98 Å². The second-order valence-electron chi connectivity index (χ2n) is 8.40. The fraction of sp³-hybridized carbons (Fsp3) is 0.200. The van der Waals surface area contributed by atoms with Crippen molar-refractivity contribution in [3.8, 4) is 0 Å². The van der Waals surface area contributed by atoms with Gasteiger partial charge in [-0.2, -0.15) is 4.98 Å². The number of rotatable bonds is 6. The first-order valence-corrected chi connectivity index (χ1v) is 11.0. The lowest BCUT2D eigenvalue weighted by Gasteiger charge is -2.10. The third-order valence-electron chi connectivity index (χ3n) is 5.73. The summed E-state index contributed by atoms with van der Waals surface area (Å²) in [4.78, 5) is 46.7. The zero-order chi connectivity index (χ0) is 24.7. The van der Waals surface area contributed by atoms with Gasteiger partial charge in [-0.05, 0) is 57.2 Å². The molecule has 0 aliphatic carbocycles. The molecule has 1 amide bonds. The molecule has 0 radical (unpaired) electrons. The Hall–Kier alpha value is -4.60. The zero-order valence-electron chi connectivity index (χ0n) is 19.4. The summed E-state index contributed by atoms with van der Waals surface area (Å²) in [5, 5.41) is 7.38. The monoisotopic (exact) mass is 470 g/mol. The summed E-state index contributed by atoms with van der Waals surface area (Å²) in [5.74, 6) is 0.390. The van der Waals surface area contributed by atoms with E-state index >= 15 is 0 Å². The van der Waals surface area contributed by atoms with E-state index in [1.165, 1.54) is 17.8 Å². The summed E-state index contributed by atoms with van der Waals surface area (Å²) in [6.07, 6.45) is 1.45. The molecule has 0 bridgehead atoms. The molecule has 35 heavy (non-hydrogen) atoms. The van der Waals surface area contributed by atoms with Gasteiger partial charge in [0.15, 0.2) is 11.6 Å². The van der Waals surface area contributed by atoms with Crippen LogP contribution in [0.3, 0.4) is 0 Å². The third kappa shape index (κ3) is 4.21. The van der Waals surface area contributed by atoms with Crippen LogP contribution in [0.1, 0.15) is 34.6 Å². The minimum absolute atomic E-state index is 0.0529. The first kappa shape index (κ1) is 22.2. The molecule has 10 nitrogen and oxygen atoms in total. The number of fused-ring (bicyclic) bond motifs is 3. The van der Waals surface area contributed by atoms with E-state index in [2.05, 4.69) is 20.4 Å². The molecule has 5 aromatic rings. The second-order valence-corrected chi connectivity index (χ2v) is 8.40. The molecule has 1 N–H and O–H groups in total. The molecule has 0 fully saturated rings. The number of benzene rings is 2. The van der Waals surface area contributed by atoms with Crippen molar-refractivity contribution in [2.45, 2.75) is 33.9 Å². The molecule has 10 heteroatoms. The molecule has 0 aliphatic rings. The van der Waals surface area contributed by atoms with Crippen LogP contribution in [0.2, 0.25) is 0 Å². The highest BCUT2D eigenvalue weighted by atomic mass is 16.5. The smallest absolute Gasteiger partial charge is 0.278 e. The molecule has 3 heterocycles. The molecule has 0 atom stereocenters. The van der Waals surface area contributed by atoms with Crippen LogP contribution in [-0.4, -0.2) is 35.9 Å². The highest BCUT2D eigenvalue weighted by molar-refractivity contribution is 6.07. The Labute approximate surface area is 199 Å². The maximum absolute atomic E-state index is 13.5. The summed E-state index contributed by atoms with van der Waals surface area (Å²) in [7, 11) is 0. The lowest BCUT2D eigenvalue weighted by Crippen LogP contribution is -2.25. The Morgan fingerprint density at radius 2 is 1.86 bits per heavy atom. The average molecular weight is 470 g/mol. The number of nitrogens with one attached hydrogen (secondary N) is 1. The van der Waals surface area contributed by atoms with Crippen molar-refractivity contribution in [1.82, 2.24) is 24.3 Å². The number of hydrogen-bond donors (Lipinski definition) is 1. The van der Waals surface area contributed by atoms with Gasteiger partial charge in [0.25, 0.3) is 5.56 Å². The number of aryl methyl sites for hydroxylation is 2. The first-order valence-electron chi connectivity index (χ1n) is 11.0. The number of carbonyl (C=O) groups excluding carboxylic acids is 2. The van der Waals surface area contributed by atoms with Crippen molar-refractivity contribution in [2.24, 2.45) is 0 Å². The molecule has 0 unspecified atom stereocenters. The van der Waals surface area contributed by atoms with Gasteiger partial charge in [-0.15, -0.1) is 0 Å². The van der Waals surface area contributed by atoms with Gasteiger partial charge < -0.3 is 14.4 Å². The number of Topliss-reactive ketones (excluding diaryl/α,β-unsaturated/α-hetero) is 1. The number of amides is 1. The van der Waals surface area contributed by atoms with E-state index in [0.29, 0.717) is 28.1 Å². The average Bonchev–Trinajstić information content (AvgIpc) is 3.36. The van der Waals surface area contributed by atoms with Gasteiger partial charge in [-0.3, -0.25) is 19.0 Å². The molecule has 2 aromatic carbocycles. The van der Waals surface area contributed by atoms with Crippen LogP contribution in [-0.2, 0) is 17.9 Å². The summed E-state index contributed by atoms with van der Waals surface area (Å²) in [6, 6.07) is 12.4. The molecule has 0 aliphatic heterocycles. The van der Waals surface area contributed by atoms with Crippen LogP contribution in [0.4, 0.5) is 5.69 Å². The molecular weight excluding hydrogens is 448 g/mol. The summed E-state index contributed by atoms with van der Waals surface area (Å²) < 4.78 is 8.21. The van der Waals surface area contributed by atoms with E-state index in [9.17, 15) is 14.4 Å². The van der Waals surface area contributed by atoms with Crippen LogP contribution in [0.5, 0.6) is 0 Å². The molecule has 0 saturated heterocycles. The van der Waals surface area contributed by atoms with E-state index in [4.69, 9.17) is 4.52 Å². The molecule has 5 rings (SSSR count). The Bertz CT molecular complexity index is 1660. The number of carbonyl (C=O) groups is 2. The van der Waals surface area contributed by atoms with E-state index in [0.717, 1.165) is 16.5 Å². The van der Waals surface area contributed by atoms with Crippen molar-refractivity contribution < 1.29 is 14.1 Å². The lowest BCUT2D eigenvalue weighted by molar-refractivity contribution is -0.116. The molecular formula is C25H22N6O4. The number of nitrogens with zero attached hydrogens (tertiary/aromatic N) is 5. The van der Waals surface area contributed by atoms with Gasteiger partial charge in [0, 0.05) is 16.6 Å². The number of ketones is 1. The summed E-state index contributed by atoms with van der Waals surface area (Å²) in [5.41, 5.74) is 3.36. The van der Waals surface area contributed by atoms with Crippen molar-refractivity contribution in [2.75, 3.05) is 5.32 Å². The topological polar surface area (TPSA) is 125 Å². The fourth-order valence-corrected chi connectivity index (χ4v) is 4.07. The van der Waals surface area contributed by atoms with Crippen molar-refractivity contribution in [3.63, 3.8) is 0 Å². The van der Waals surface area contributed by atoms with E-state index < -0.39 is 0 Å². The third-order valence-corrected chi connectivity index (χ3v) is 5.73. The quantitative estimate of drug-likeness (QED) is 0.378. The van der Waals surface area contributed by atoms with Crippen molar-refractivity contribution >= 4 is 39.3 Å². The van der Waals surface area contributed by atoms with E-state index in [1.807, 2.05) is 25.1 Å². The van der Waals surface area contributed by atoms with Crippen LogP contribution in [0.15, 0.2) is 58.1 Å². The standard InChI is InChI=1S/C25H22N6O4/c1-14-4-9-20-19(10-14)23-24(25(34)30(13-26-23)12-22-27-16(3)29-35-22)31(20)11-21(33)28-18-7-5-17(6-8-18)15(2)32/h4-10,13H,11-12H2,1-3H3,(H,28,33). The Balaban J connectivity index is 1.55. The summed E-state index contributed by atoms with van der Waals surface area (Å²) in [6.45, 7) is 5.11. The number of hydrogen-bond acceptors (Lipinski definition) is 7. The maximum atomic E-state index is 13.5. The van der Waals surface area contributed by atoms with Crippen LogP contribution in [0, 0.1) is 13.8 Å². The molecule has 0 spiro atoms. The summed E-state index contributed by atoms with van der Waals surface area (Å²) >= 11 is 0. The van der Waals surface area contributed by atoms with E-state index in [-0.39, 0.29) is 36.2 Å². The van der Waals surface area contributed by atoms with Crippen molar-refractivity contribution in [3.05, 3.63) is 82.0 Å². The van der Waals surface area contributed by atoms with Crippen molar-refractivity contribution in [1.29, 1.82) is 0 Å². The Morgan fingerprint density at radius 3 is 2.54 bits per heavy atom. The van der Waals surface area contributed by atoms with Gasteiger partial charge in [0.1, 0.15) is 24.1 Å². The number of anilines is 1. The minimum Gasteiger partial charge on any atom is -0.337 e. The van der Waals surface area contributed by atoms with Gasteiger partial charge in [0.05, 0.1) is 11.8 Å². The SMILES string of the molecule is CC(=O)c1ccc(NC(=O)Cn2c3ccc(C)cc3c3ncn(Cc4nc(C)no4)c(=O)c32)cc1. The molecule has 0 saturated carbocycles. The second kappa shape index (κ2) is 8.64. The minimum atomic E-state index is -0.321. The maximum Gasteiger partial charge on any atom is 0.278 e. The Kier molecular flexibility index (Phi) is 5.48. The zero-order valence-corrected chi connectivity index (χ0v) is 19.4. The molecule has 3 aromatic heterocycles. The Morgan fingerprint density at radius 1 is 1.09 bits per heavy atom. The fourth-order valence-electron chi connectivity index (χ4n) is 4.07. The first-order chi connectivity index (χ1) is 16.8. The van der Waals surface area contributed by atoms with Crippen LogP contribution >= 0.6 is 0 Å². The lowest BCUT2D eigenvalue weighted by atomic mass is 10.1. The number of aromatic nitrogens is 5. The van der Waals surface area contributed by atoms with Gasteiger partial charge in [0.2, 0.25) is 11.8 Å². The largest absolute Gasteiger partial charge is 0.337 e. The predicted octanol–water partition coefficient (Wildman–Crippen LogP) is 3.24. The van der Waals surface area contributed by atoms with Crippen LogP contribution < -0.4 is 10.9 Å². The van der Waals surface area contributed by atoms with E-state index in [1.54, 1.807) is 35.8 Å².